The van der Waals surface area contributed by atoms with E-state index in [4.69, 9.17) is 9.47 Å². The summed E-state index contributed by atoms with van der Waals surface area (Å²) in [4.78, 5) is 30.5. The fourth-order valence-corrected chi connectivity index (χ4v) is 3.18. The molecule has 3 heterocycles. The minimum absolute atomic E-state index is 0.0758. The lowest BCUT2D eigenvalue weighted by Gasteiger charge is -2.13. The van der Waals surface area contributed by atoms with Crippen molar-refractivity contribution in [2.75, 3.05) is 13.2 Å². The van der Waals surface area contributed by atoms with Crippen LogP contribution in [0.2, 0.25) is 0 Å². The lowest BCUT2D eigenvalue weighted by Crippen LogP contribution is -2.27. The maximum atomic E-state index is 13.3. The Morgan fingerprint density at radius 3 is 2.57 bits per heavy atom. The zero-order chi connectivity index (χ0) is 21.1. The lowest BCUT2D eigenvalue weighted by atomic mass is 10.0. The average Bonchev–Trinajstić information content (AvgIpc) is 3.24. The van der Waals surface area contributed by atoms with Gasteiger partial charge in [-0.15, -0.1) is 0 Å². The van der Waals surface area contributed by atoms with Gasteiger partial charge >= 0.3 is 0 Å². The second-order valence-corrected chi connectivity index (χ2v) is 6.69. The molecule has 0 radical (unpaired) electrons. The van der Waals surface area contributed by atoms with Crippen LogP contribution in [0.5, 0.6) is 0 Å². The second kappa shape index (κ2) is 8.60. The van der Waals surface area contributed by atoms with E-state index in [0.717, 1.165) is 0 Å². The van der Waals surface area contributed by atoms with Crippen molar-refractivity contribution >= 4 is 28.7 Å². The Hall–Kier alpha value is -3.30. The number of rotatable bonds is 2. The number of halogens is 2. The third kappa shape index (κ3) is 4.47. The predicted molar refractivity (Wildman–Crippen MR) is 105 cm³/mol. The largest absolute Gasteiger partial charge is 0.348 e. The minimum atomic E-state index is -0.462. The van der Waals surface area contributed by atoms with Crippen molar-refractivity contribution < 1.29 is 23.0 Å². The van der Waals surface area contributed by atoms with Crippen LogP contribution < -0.4 is 5.56 Å². The molecule has 7 nitrogen and oxygen atoms in total. The standard InChI is InChI=1S/C12H11FN2O3.C9H6FNO/c13-8-1-2-9-10(5-8)15(11(16)6-14-9)7-12-17-3-4-18-12;10-7-1-2-9-6(3-7)4-8(12)5-11-9/h1-2,5-6,12H,3-4,7H2;1-3,5H,4H2. The monoisotopic (exact) mass is 413 g/mol. The summed E-state index contributed by atoms with van der Waals surface area (Å²) in [5.41, 5.74) is 2.07. The van der Waals surface area contributed by atoms with Crippen LogP contribution in [0.15, 0.2) is 52.4 Å². The number of carbonyl (C=O) groups is 1. The molecule has 0 amide bonds. The van der Waals surface area contributed by atoms with Gasteiger partial charge in [-0.3, -0.25) is 14.6 Å². The van der Waals surface area contributed by atoms with Crippen molar-refractivity contribution in [2.45, 2.75) is 19.3 Å². The van der Waals surface area contributed by atoms with Gasteiger partial charge in [0.2, 0.25) is 0 Å². The maximum absolute atomic E-state index is 13.3. The molecule has 0 saturated carbocycles. The molecule has 154 valence electrons. The number of hydrogen-bond acceptors (Lipinski definition) is 6. The molecule has 0 atom stereocenters. The molecule has 2 aliphatic rings. The van der Waals surface area contributed by atoms with E-state index in [9.17, 15) is 18.4 Å². The Morgan fingerprint density at radius 2 is 1.77 bits per heavy atom. The van der Waals surface area contributed by atoms with Crippen molar-refractivity contribution in [1.82, 2.24) is 9.55 Å². The normalized spacial score (nSPS) is 15.7. The molecule has 2 aromatic carbocycles. The lowest BCUT2D eigenvalue weighted by molar-refractivity contribution is -0.112. The van der Waals surface area contributed by atoms with E-state index in [2.05, 4.69) is 9.98 Å². The van der Waals surface area contributed by atoms with Gasteiger partial charge in [-0.25, -0.2) is 13.8 Å². The van der Waals surface area contributed by atoms with Crippen molar-refractivity contribution in [1.29, 1.82) is 0 Å². The summed E-state index contributed by atoms with van der Waals surface area (Å²) < 4.78 is 37.9. The fourth-order valence-electron chi connectivity index (χ4n) is 3.18. The Kier molecular flexibility index (Phi) is 5.73. The van der Waals surface area contributed by atoms with Crippen molar-refractivity contribution in [3.8, 4) is 0 Å². The van der Waals surface area contributed by atoms with Crippen LogP contribution >= 0.6 is 0 Å². The van der Waals surface area contributed by atoms with E-state index in [-0.39, 0.29) is 30.1 Å². The van der Waals surface area contributed by atoms with Crippen LogP contribution in [0.25, 0.3) is 11.0 Å². The first-order chi connectivity index (χ1) is 14.5. The van der Waals surface area contributed by atoms with Crippen molar-refractivity contribution in [2.24, 2.45) is 4.99 Å². The number of nitrogens with zero attached hydrogens (tertiary/aromatic N) is 3. The molecule has 9 heteroatoms. The van der Waals surface area contributed by atoms with Crippen molar-refractivity contribution in [3.63, 3.8) is 0 Å². The van der Waals surface area contributed by atoms with Gasteiger partial charge in [-0.2, -0.15) is 0 Å². The maximum Gasteiger partial charge on any atom is 0.269 e. The van der Waals surface area contributed by atoms with E-state index >= 15 is 0 Å². The first-order valence-electron chi connectivity index (χ1n) is 9.23. The number of hydrogen-bond donors (Lipinski definition) is 0. The van der Waals surface area contributed by atoms with Crippen molar-refractivity contribution in [3.05, 3.63) is 70.1 Å². The third-order valence-electron chi connectivity index (χ3n) is 4.58. The zero-order valence-corrected chi connectivity index (χ0v) is 15.8. The highest BCUT2D eigenvalue weighted by Crippen LogP contribution is 2.23. The molecule has 0 bridgehead atoms. The molecule has 0 spiro atoms. The van der Waals surface area contributed by atoms with Crippen LogP contribution in [0.1, 0.15) is 5.56 Å². The number of benzene rings is 2. The summed E-state index contributed by atoms with van der Waals surface area (Å²) >= 11 is 0. The van der Waals surface area contributed by atoms with Crippen LogP contribution in [0.3, 0.4) is 0 Å². The summed E-state index contributed by atoms with van der Waals surface area (Å²) in [6.07, 6.45) is 2.29. The van der Waals surface area contributed by atoms with E-state index in [1.54, 1.807) is 6.07 Å². The van der Waals surface area contributed by atoms with Crippen LogP contribution in [0.4, 0.5) is 14.5 Å². The molecule has 2 aliphatic heterocycles. The Balaban J connectivity index is 0.000000158. The molecule has 0 unspecified atom stereocenters. The van der Waals surface area contributed by atoms with E-state index in [1.165, 1.54) is 47.3 Å². The number of fused-ring (bicyclic) bond motifs is 2. The van der Waals surface area contributed by atoms with E-state index < -0.39 is 12.1 Å². The summed E-state index contributed by atoms with van der Waals surface area (Å²) in [5.74, 6) is -0.802. The van der Waals surface area contributed by atoms with Gasteiger partial charge in [0, 0.05) is 6.42 Å². The van der Waals surface area contributed by atoms with Gasteiger partial charge in [-0.05, 0) is 42.0 Å². The predicted octanol–water partition coefficient (Wildman–Crippen LogP) is 2.56. The quantitative estimate of drug-likeness (QED) is 0.645. The van der Waals surface area contributed by atoms with Gasteiger partial charge in [0.25, 0.3) is 5.56 Å². The summed E-state index contributed by atoms with van der Waals surface area (Å²) in [6.45, 7) is 1.26. The topological polar surface area (TPSA) is 82.8 Å². The molecule has 5 rings (SSSR count). The van der Waals surface area contributed by atoms with Crippen LogP contribution in [-0.2, 0) is 27.2 Å². The molecule has 30 heavy (non-hydrogen) atoms. The molecule has 0 aliphatic carbocycles. The SMILES string of the molecule is O=C1C=Nc2ccc(F)cc2C1.O=c1cnc2ccc(F)cc2n1CC1OCCO1. The average molecular weight is 413 g/mol. The van der Waals surface area contributed by atoms with Gasteiger partial charge in [0.1, 0.15) is 11.6 Å². The number of ketones is 1. The molecule has 1 saturated heterocycles. The highest BCUT2D eigenvalue weighted by molar-refractivity contribution is 6.29. The zero-order valence-electron chi connectivity index (χ0n) is 15.8. The molecule has 0 N–H and O–H groups in total. The number of ether oxygens (including phenoxy) is 2. The molecular weight excluding hydrogens is 396 g/mol. The molecular formula is C21H17F2N3O4. The van der Waals surface area contributed by atoms with E-state index in [0.29, 0.717) is 35.5 Å². The van der Waals surface area contributed by atoms with Gasteiger partial charge < -0.3 is 14.0 Å². The summed E-state index contributed by atoms with van der Waals surface area (Å²) in [6, 6.07) is 8.41. The van der Waals surface area contributed by atoms with Gasteiger partial charge in [0.05, 0.1) is 48.9 Å². The molecule has 1 aromatic heterocycles. The smallest absolute Gasteiger partial charge is 0.269 e. The van der Waals surface area contributed by atoms with Gasteiger partial charge in [-0.1, -0.05) is 0 Å². The summed E-state index contributed by atoms with van der Waals surface area (Å²) in [5, 5.41) is 0. The second-order valence-electron chi connectivity index (χ2n) is 6.69. The number of aliphatic imine (C=N–C) groups is 1. The third-order valence-corrected chi connectivity index (χ3v) is 4.58. The highest BCUT2D eigenvalue weighted by Gasteiger charge is 2.18. The summed E-state index contributed by atoms with van der Waals surface area (Å²) in [7, 11) is 0. The Morgan fingerprint density at radius 1 is 1.03 bits per heavy atom. The van der Waals surface area contributed by atoms with Crippen LogP contribution in [-0.4, -0.2) is 41.1 Å². The Bertz CT molecular complexity index is 1190. The Labute approximate surface area is 169 Å². The minimum Gasteiger partial charge on any atom is -0.348 e. The number of aromatic nitrogens is 2. The first-order valence-corrected chi connectivity index (χ1v) is 9.23. The number of Topliss-reactive ketones (excluding diaryl/α,β-unsaturated/α-hetero) is 1. The van der Waals surface area contributed by atoms with Gasteiger partial charge in [0.15, 0.2) is 12.1 Å². The van der Waals surface area contributed by atoms with E-state index in [1.807, 2.05) is 0 Å². The fraction of sp³-hybridized carbons (Fsp3) is 0.238. The number of carbonyl (C=O) groups excluding carboxylic acids is 1. The molecule has 1 fully saturated rings. The van der Waals surface area contributed by atoms with Crippen LogP contribution in [0, 0.1) is 11.6 Å². The first kappa shape index (κ1) is 20.0. The highest BCUT2D eigenvalue weighted by atomic mass is 19.1. The molecule has 3 aromatic rings.